The molecule has 2 nitrogen and oxygen atoms in total. The zero-order valence-electron chi connectivity index (χ0n) is 20.6. The van der Waals surface area contributed by atoms with Crippen molar-refractivity contribution in [2.75, 3.05) is 6.61 Å². The number of Topliss-reactive ketones (excluding diaryl/α,β-unsaturated/α-hetero) is 1. The Hall–Kier alpha value is -1.71. The first-order chi connectivity index (χ1) is 15.2. The van der Waals surface area contributed by atoms with E-state index in [9.17, 15) is 4.79 Å². The van der Waals surface area contributed by atoms with Gasteiger partial charge in [-0.3, -0.25) is 4.79 Å². The fourth-order valence-electron chi connectivity index (χ4n) is 7.04. The summed E-state index contributed by atoms with van der Waals surface area (Å²) in [7, 11) is -2.51. The second kappa shape index (κ2) is 8.91. The van der Waals surface area contributed by atoms with Crippen molar-refractivity contribution in [1.29, 1.82) is 0 Å². The summed E-state index contributed by atoms with van der Waals surface area (Å²) in [6.45, 7) is 12.6. The number of carbonyl (C=O) groups excluding carboxylic acids is 1. The lowest BCUT2D eigenvalue weighted by molar-refractivity contribution is -0.130. The third kappa shape index (κ3) is 3.92. The Labute approximate surface area is 195 Å². The topological polar surface area (TPSA) is 26.3 Å². The Kier molecular flexibility index (Phi) is 6.53. The maximum atomic E-state index is 12.6. The van der Waals surface area contributed by atoms with Gasteiger partial charge in [-0.2, -0.15) is 0 Å². The summed E-state index contributed by atoms with van der Waals surface area (Å²) >= 11 is 0. The Bertz CT molecular complexity index is 878. The smallest absolute Gasteiger partial charge is 0.261 e. The first kappa shape index (κ1) is 23.4. The van der Waals surface area contributed by atoms with Gasteiger partial charge in [0.25, 0.3) is 8.32 Å². The van der Waals surface area contributed by atoms with Gasteiger partial charge in [-0.25, -0.2) is 0 Å². The van der Waals surface area contributed by atoms with E-state index in [-0.39, 0.29) is 16.4 Å². The summed E-state index contributed by atoms with van der Waals surface area (Å²) in [5.41, 5.74) is 0.156. The lowest BCUT2D eigenvalue weighted by Crippen LogP contribution is -2.67. The molecule has 1 unspecified atom stereocenters. The standard InChI is InChI=1S/C29H40O2Si/c1-22(25-18-19-26-27(30)17-12-20-29(25,26)5)21-31-32(28(2,3)4,23-13-8-6-9-14-23)24-15-10-7-11-16-24/h6-11,13-16,22,25-26H,12,17-21H2,1-5H3/t22?,25-,26+,29-/m1/s1. The van der Waals surface area contributed by atoms with Gasteiger partial charge in [0, 0.05) is 18.9 Å². The van der Waals surface area contributed by atoms with Crippen LogP contribution in [0.2, 0.25) is 5.04 Å². The highest BCUT2D eigenvalue weighted by Crippen LogP contribution is 2.56. The van der Waals surface area contributed by atoms with E-state index in [1.807, 2.05) is 0 Å². The molecule has 2 aromatic carbocycles. The predicted octanol–water partition coefficient (Wildman–Crippen LogP) is 5.98. The Morgan fingerprint density at radius 1 is 1.00 bits per heavy atom. The average Bonchev–Trinajstić information content (AvgIpc) is 3.13. The van der Waals surface area contributed by atoms with Crippen molar-refractivity contribution >= 4 is 24.5 Å². The molecule has 2 fully saturated rings. The van der Waals surface area contributed by atoms with Crippen molar-refractivity contribution in [2.24, 2.45) is 23.2 Å². The molecular weight excluding hydrogens is 408 g/mol. The van der Waals surface area contributed by atoms with Crippen LogP contribution in [0.25, 0.3) is 0 Å². The molecule has 0 bridgehead atoms. The molecule has 32 heavy (non-hydrogen) atoms. The molecule has 4 atom stereocenters. The van der Waals surface area contributed by atoms with Gasteiger partial charge in [0.2, 0.25) is 0 Å². The highest BCUT2D eigenvalue weighted by Gasteiger charge is 2.54. The molecule has 2 aliphatic carbocycles. The minimum absolute atomic E-state index is 0.00164. The Balaban J connectivity index is 1.66. The summed E-state index contributed by atoms with van der Waals surface area (Å²) in [6.07, 6.45) is 5.28. The summed E-state index contributed by atoms with van der Waals surface area (Å²) in [6, 6.07) is 21.8. The molecule has 2 aliphatic rings. The number of rotatable bonds is 6. The number of fused-ring (bicyclic) bond motifs is 1. The van der Waals surface area contributed by atoms with E-state index in [1.165, 1.54) is 16.8 Å². The van der Waals surface area contributed by atoms with Crippen LogP contribution in [0.1, 0.15) is 66.7 Å². The molecule has 0 aliphatic heterocycles. The maximum absolute atomic E-state index is 12.6. The van der Waals surface area contributed by atoms with Crippen LogP contribution < -0.4 is 10.4 Å². The molecule has 2 saturated carbocycles. The number of hydrogen-bond donors (Lipinski definition) is 0. The summed E-state index contributed by atoms with van der Waals surface area (Å²) in [5, 5.41) is 2.68. The minimum atomic E-state index is -2.51. The fourth-order valence-corrected chi connectivity index (χ4v) is 11.7. The first-order valence-corrected chi connectivity index (χ1v) is 14.4. The van der Waals surface area contributed by atoms with E-state index < -0.39 is 8.32 Å². The normalized spacial score (nSPS) is 27.2. The van der Waals surface area contributed by atoms with Gasteiger partial charge in [-0.1, -0.05) is 95.3 Å². The summed E-state index contributed by atoms with van der Waals surface area (Å²) in [5.74, 6) is 1.80. The van der Waals surface area contributed by atoms with Gasteiger partial charge >= 0.3 is 0 Å². The van der Waals surface area contributed by atoms with Crippen LogP contribution in [-0.4, -0.2) is 20.7 Å². The zero-order valence-corrected chi connectivity index (χ0v) is 21.6. The lowest BCUT2D eigenvalue weighted by atomic mass is 9.62. The van der Waals surface area contributed by atoms with Gasteiger partial charge in [-0.05, 0) is 58.3 Å². The van der Waals surface area contributed by atoms with Crippen molar-refractivity contribution in [3.63, 3.8) is 0 Å². The van der Waals surface area contributed by atoms with Crippen molar-refractivity contribution in [1.82, 2.24) is 0 Å². The molecule has 0 spiro atoms. The van der Waals surface area contributed by atoms with Crippen LogP contribution in [0.4, 0.5) is 0 Å². The van der Waals surface area contributed by atoms with Crippen molar-refractivity contribution in [2.45, 2.75) is 71.8 Å². The molecular formula is C29H40O2Si. The number of benzene rings is 2. The van der Waals surface area contributed by atoms with Gasteiger partial charge in [-0.15, -0.1) is 0 Å². The van der Waals surface area contributed by atoms with Crippen LogP contribution in [0, 0.1) is 23.2 Å². The van der Waals surface area contributed by atoms with E-state index in [0.717, 1.165) is 32.3 Å². The predicted molar refractivity (Wildman–Crippen MR) is 136 cm³/mol. The Morgan fingerprint density at radius 2 is 1.56 bits per heavy atom. The number of carbonyl (C=O) groups is 1. The van der Waals surface area contributed by atoms with Gasteiger partial charge < -0.3 is 4.43 Å². The minimum Gasteiger partial charge on any atom is -0.407 e. The zero-order chi connectivity index (χ0) is 23.0. The SMILES string of the molecule is CC(CO[Si](c1ccccc1)(c1ccccc1)C(C)(C)C)[C@H]1CC[C@H]2C(=O)CCC[C@]12C. The molecule has 172 valence electrons. The van der Waals surface area contributed by atoms with E-state index >= 15 is 0 Å². The highest BCUT2D eigenvalue weighted by molar-refractivity contribution is 6.99. The lowest BCUT2D eigenvalue weighted by Gasteiger charge is -2.46. The van der Waals surface area contributed by atoms with E-state index in [0.29, 0.717) is 17.6 Å². The Morgan fingerprint density at radius 3 is 2.09 bits per heavy atom. The monoisotopic (exact) mass is 448 g/mol. The van der Waals surface area contributed by atoms with Crippen molar-refractivity contribution in [3.05, 3.63) is 60.7 Å². The van der Waals surface area contributed by atoms with Crippen molar-refractivity contribution < 1.29 is 9.22 Å². The van der Waals surface area contributed by atoms with Gasteiger partial charge in [0.05, 0.1) is 0 Å². The quantitative estimate of drug-likeness (QED) is 0.508. The van der Waals surface area contributed by atoms with E-state index in [1.54, 1.807) is 0 Å². The van der Waals surface area contributed by atoms with Crippen LogP contribution in [0.15, 0.2) is 60.7 Å². The summed E-state index contributed by atoms with van der Waals surface area (Å²) in [4.78, 5) is 12.6. The van der Waals surface area contributed by atoms with Crippen molar-refractivity contribution in [3.8, 4) is 0 Å². The second-order valence-corrected chi connectivity index (χ2v) is 15.8. The number of ketones is 1. The molecule has 3 heteroatoms. The average molecular weight is 449 g/mol. The molecule has 4 rings (SSSR count). The van der Waals surface area contributed by atoms with Gasteiger partial charge in [0.1, 0.15) is 5.78 Å². The van der Waals surface area contributed by atoms with Crippen LogP contribution in [0.3, 0.4) is 0 Å². The first-order valence-electron chi connectivity index (χ1n) is 12.5. The molecule has 0 heterocycles. The number of hydrogen-bond acceptors (Lipinski definition) is 2. The molecule has 0 saturated heterocycles. The van der Waals surface area contributed by atoms with Gasteiger partial charge in [0.15, 0.2) is 0 Å². The van der Waals surface area contributed by atoms with Crippen LogP contribution in [-0.2, 0) is 9.22 Å². The highest BCUT2D eigenvalue weighted by atomic mass is 28.4. The molecule has 2 aromatic rings. The molecule has 0 radical (unpaired) electrons. The largest absolute Gasteiger partial charge is 0.407 e. The maximum Gasteiger partial charge on any atom is 0.261 e. The molecule has 0 amide bonds. The molecule has 0 aromatic heterocycles. The second-order valence-electron chi connectivity index (χ2n) is 11.5. The van der Waals surface area contributed by atoms with E-state index in [2.05, 4.69) is 95.3 Å². The third-order valence-corrected chi connectivity index (χ3v) is 13.6. The van der Waals surface area contributed by atoms with E-state index in [4.69, 9.17) is 4.43 Å². The fraction of sp³-hybridized carbons (Fsp3) is 0.552. The van der Waals surface area contributed by atoms with Crippen LogP contribution >= 0.6 is 0 Å². The molecule has 0 N–H and O–H groups in total. The van der Waals surface area contributed by atoms with Crippen LogP contribution in [0.5, 0.6) is 0 Å². The summed E-state index contributed by atoms with van der Waals surface area (Å²) < 4.78 is 7.25. The third-order valence-electron chi connectivity index (χ3n) is 8.60.